The van der Waals surface area contributed by atoms with Gasteiger partial charge >= 0.3 is 0 Å². The van der Waals surface area contributed by atoms with E-state index >= 15 is 0 Å². The van der Waals surface area contributed by atoms with Gasteiger partial charge in [0.2, 0.25) is 11.8 Å². The second-order valence-corrected chi connectivity index (χ2v) is 5.67. The molecule has 0 aromatic rings. The first-order valence-corrected chi connectivity index (χ1v) is 7.39. The average molecular weight is 304 g/mol. The summed E-state index contributed by atoms with van der Waals surface area (Å²) in [5, 5.41) is 6.08. The SMILES string of the molecule is CCC1(C(=O)N2CCCC(C(=O)NC)C2)CCCN1.Cl. The predicted octanol–water partition coefficient (Wildman–Crippen LogP) is 0.925. The van der Waals surface area contributed by atoms with Crippen LogP contribution in [0.15, 0.2) is 0 Å². The van der Waals surface area contributed by atoms with Gasteiger partial charge in [-0.05, 0) is 38.6 Å². The van der Waals surface area contributed by atoms with Crippen LogP contribution in [-0.2, 0) is 9.59 Å². The van der Waals surface area contributed by atoms with Crippen LogP contribution >= 0.6 is 12.4 Å². The molecule has 116 valence electrons. The van der Waals surface area contributed by atoms with E-state index in [1.807, 2.05) is 4.90 Å². The number of hydrogen-bond donors (Lipinski definition) is 2. The maximum absolute atomic E-state index is 12.7. The number of likely N-dealkylation sites (tertiary alicyclic amines) is 1. The molecule has 0 radical (unpaired) electrons. The molecule has 0 aromatic carbocycles. The van der Waals surface area contributed by atoms with E-state index in [2.05, 4.69) is 17.6 Å². The number of hydrogen-bond acceptors (Lipinski definition) is 3. The molecular formula is C14H26ClN3O2. The second-order valence-electron chi connectivity index (χ2n) is 5.67. The first-order valence-electron chi connectivity index (χ1n) is 7.39. The molecule has 0 saturated carbocycles. The Balaban J connectivity index is 0.00000200. The standard InChI is InChI=1S/C14H25N3O2.ClH/c1-3-14(7-5-8-16-14)13(19)17-9-4-6-11(10-17)12(18)15-2;/h11,16H,3-10H2,1-2H3,(H,15,18);1H. The van der Waals surface area contributed by atoms with Crippen molar-refractivity contribution in [3.05, 3.63) is 0 Å². The fraction of sp³-hybridized carbons (Fsp3) is 0.857. The lowest BCUT2D eigenvalue weighted by Gasteiger charge is -2.38. The molecule has 0 spiro atoms. The van der Waals surface area contributed by atoms with Crippen molar-refractivity contribution < 1.29 is 9.59 Å². The van der Waals surface area contributed by atoms with Crippen molar-refractivity contribution in [1.29, 1.82) is 0 Å². The van der Waals surface area contributed by atoms with E-state index in [-0.39, 0.29) is 35.7 Å². The van der Waals surface area contributed by atoms with Gasteiger partial charge in [0.15, 0.2) is 0 Å². The van der Waals surface area contributed by atoms with Crippen molar-refractivity contribution in [3.8, 4) is 0 Å². The highest BCUT2D eigenvalue weighted by Gasteiger charge is 2.43. The molecule has 6 heteroatoms. The Morgan fingerprint density at radius 3 is 2.70 bits per heavy atom. The summed E-state index contributed by atoms with van der Waals surface area (Å²) in [5.74, 6) is 0.210. The molecule has 20 heavy (non-hydrogen) atoms. The van der Waals surface area contributed by atoms with Crippen LogP contribution in [0.25, 0.3) is 0 Å². The highest BCUT2D eigenvalue weighted by atomic mass is 35.5. The quantitative estimate of drug-likeness (QED) is 0.815. The van der Waals surface area contributed by atoms with E-state index in [0.29, 0.717) is 6.54 Å². The predicted molar refractivity (Wildman–Crippen MR) is 80.9 cm³/mol. The third kappa shape index (κ3) is 3.26. The number of rotatable bonds is 3. The van der Waals surface area contributed by atoms with Gasteiger partial charge in [0.25, 0.3) is 0 Å². The van der Waals surface area contributed by atoms with Gasteiger partial charge < -0.3 is 15.5 Å². The molecule has 5 nitrogen and oxygen atoms in total. The van der Waals surface area contributed by atoms with Gasteiger partial charge in [0, 0.05) is 20.1 Å². The van der Waals surface area contributed by atoms with Crippen LogP contribution in [0, 0.1) is 5.92 Å². The molecule has 0 aromatic heterocycles. The van der Waals surface area contributed by atoms with E-state index in [4.69, 9.17) is 0 Å². The molecule has 2 N–H and O–H groups in total. The van der Waals surface area contributed by atoms with Gasteiger partial charge in [-0.15, -0.1) is 12.4 Å². The summed E-state index contributed by atoms with van der Waals surface area (Å²) in [6.07, 6.45) is 4.61. The number of amides is 2. The molecule has 2 unspecified atom stereocenters. The van der Waals surface area contributed by atoms with Crippen molar-refractivity contribution in [3.63, 3.8) is 0 Å². The molecule has 2 aliphatic heterocycles. The zero-order valence-electron chi connectivity index (χ0n) is 12.4. The molecule has 2 aliphatic rings. The third-order valence-corrected chi connectivity index (χ3v) is 4.58. The van der Waals surface area contributed by atoms with Crippen molar-refractivity contribution in [2.75, 3.05) is 26.7 Å². The Bertz CT molecular complexity index is 356. The monoisotopic (exact) mass is 303 g/mol. The Labute approximate surface area is 127 Å². The maximum Gasteiger partial charge on any atom is 0.242 e. The first kappa shape index (κ1) is 17.2. The molecule has 2 heterocycles. The van der Waals surface area contributed by atoms with E-state index in [0.717, 1.165) is 45.2 Å². The van der Waals surface area contributed by atoms with Crippen molar-refractivity contribution in [1.82, 2.24) is 15.5 Å². The zero-order chi connectivity index (χ0) is 13.9. The van der Waals surface area contributed by atoms with E-state index in [1.54, 1.807) is 7.05 Å². The van der Waals surface area contributed by atoms with Crippen molar-refractivity contribution in [2.45, 2.75) is 44.6 Å². The Morgan fingerprint density at radius 1 is 1.40 bits per heavy atom. The van der Waals surface area contributed by atoms with Crippen LogP contribution in [0.4, 0.5) is 0 Å². The average Bonchev–Trinajstić information content (AvgIpc) is 2.96. The van der Waals surface area contributed by atoms with E-state index in [9.17, 15) is 9.59 Å². The Hall–Kier alpha value is -0.810. The first-order chi connectivity index (χ1) is 9.13. The lowest BCUT2D eigenvalue weighted by atomic mass is 9.89. The minimum atomic E-state index is -0.370. The minimum Gasteiger partial charge on any atom is -0.359 e. The van der Waals surface area contributed by atoms with Crippen molar-refractivity contribution >= 4 is 24.2 Å². The van der Waals surface area contributed by atoms with Crippen LogP contribution in [0.1, 0.15) is 39.0 Å². The molecule has 2 fully saturated rings. The summed E-state index contributed by atoms with van der Waals surface area (Å²) in [4.78, 5) is 26.4. The molecule has 0 aliphatic carbocycles. The fourth-order valence-electron chi connectivity index (χ4n) is 3.32. The zero-order valence-corrected chi connectivity index (χ0v) is 13.2. The van der Waals surface area contributed by atoms with E-state index in [1.165, 1.54) is 0 Å². The number of piperidine rings is 1. The number of carbonyl (C=O) groups is 2. The minimum absolute atomic E-state index is 0. The van der Waals surface area contributed by atoms with Crippen LogP contribution in [-0.4, -0.2) is 48.9 Å². The number of carbonyl (C=O) groups excluding carboxylic acids is 2. The topological polar surface area (TPSA) is 61.4 Å². The normalized spacial score (nSPS) is 29.7. The summed E-state index contributed by atoms with van der Waals surface area (Å²) in [5.41, 5.74) is -0.370. The van der Waals surface area contributed by atoms with Crippen LogP contribution < -0.4 is 10.6 Å². The largest absolute Gasteiger partial charge is 0.359 e. The highest BCUT2D eigenvalue weighted by molar-refractivity contribution is 5.88. The number of halogens is 1. The van der Waals surface area contributed by atoms with Gasteiger partial charge in [0.1, 0.15) is 0 Å². The Morgan fingerprint density at radius 2 is 2.15 bits per heavy atom. The third-order valence-electron chi connectivity index (χ3n) is 4.58. The van der Waals surface area contributed by atoms with Gasteiger partial charge in [-0.3, -0.25) is 9.59 Å². The summed E-state index contributed by atoms with van der Waals surface area (Å²) >= 11 is 0. The van der Waals surface area contributed by atoms with Gasteiger partial charge in [-0.1, -0.05) is 6.92 Å². The van der Waals surface area contributed by atoms with Crippen LogP contribution in [0.3, 0.4) is 0 Å². The molecule has 2 amide bonds. The van der Waals surface area contributed by atoms with Crippen LogP contribution in [0.2, 0.25) is 0 Å². The number of nitrogens with zero attached hydrogens (tertiary/aromatic N) is 1. The Kier molecular flexibility index (Phi) is 6.27. The summed E-state index contributed by atoms with van der Waals surface area (Å²) in [6, 6.07) is 0. The van der Waals surface area contributed by atoms with Gasteiger partial charge in [-0.25, -0.2) is 0 Å². The fourth-order valence-corrected chi connectivity index (χ4v) is 3.32. The molecule has 2 rings (SSSR count). The van der Waals surface area contributed by atoms with Crippen molar-refractivity contribution in [2.24, 2.45) is 5.92 Å². The molecule has 2 saturated heterocycles. The maximum atomic E-state index is 12.7. The lowest BCUT2D eigenvalue weighted by molar-refractivity contribution is -0.141. The molecule has 0 bridgehead atoms. The lowest BCUT2D eigenvalue weighted by Crippen LogP contribution is -2.57. The summed E-state index contributed by atoms with van der Waals surface area (Å²) in [7, 11) is 1.66. The second kappa shape index (κ2) is 7.27. The summed E-state index contributed by atoms with van der Waals surface area (Å²) < 4.78 is 0. The van der Waals surface area contributed by atoms with Gasteiger partial charge in [0.05, 0.1) is 11.5 Å². The molecular weight excluding hydrogens is 278 g/mol. The number of nitrogens with one attached hydrogen (secondary N) is 2. The highest BCUT2D eigenvalue weighted by Crippen LogP contribution is 2.28. The smallest absolute Gasteiger partial charge is 0.242 e. The van der Waals surface area contributed by atoms with Gasteiger partial charge in [-0.2, -0.15) is 0 Å². The van der Waals surface area contributed by atoms with E-state index < -0.39 is 0 Å². The van der Waals surface area contributed by atoms with Crippen LogP contribution in [0.5, 0.6) is 0 Å². The summed E-state index contributed by atoms with van der Waals surface area (Å²) in [6.45, 7) is 4.35. The molecule has 2 atom stereocenters.